The fourth-order valence-electron chi connectivity index (χ4n) is 1.76. The normalized spacial score (nSPS) is 11.7. The van der Waals surface area contributed by atoms with Gasteiger partial charge in [-0.3, -0.25) is 4.79 Å². The van der Waals surface area contributed by atoms with Gasteiger partial charge in [0.25, 0.3) is 5.91 Å². The third-order valence-electron chi connectivity index (χ3n) is 2.95. The lowest BCUT2D eigenvalue weighted by atomic mass is 10.2. The van der Waals surface area contributed by atoms with Gasteiger partial charge in [-0.15, -0.1) is 0 Å². The first kappa shape index (κ1) is 17.2. The molecule has 0 unspecified atom stereocenters. The number of carbonyl (C=O) groups is 2. The molecule has 1 atom stereocenters. The number of nitrogens with one attached hydrogen (secondary N) is 1. The lowest BCUT2D eigenvalue weighted by Gasteiger charge is -2.15. The van der Waals surface area contributed by atoms with Crippen molar-refractivity contribution in [1.82, 2.24) is 0 Å². The number of amides is 1. The summed E-state index contributed by atoms with van der Waals surface area (Å²) in [4.78, 5) is 24.1. The van der Waals surface area contributed by atoms with Gasteiger partial charge < -0.3 is 10.1 Å². The minimum atomic E-state index is -1.16. The monoisotopic (exact) mass is 355 g/mol. The van der Waals surface area contributed by atoms with Gasteiger partial charge in [-0.2, -0.15) is 0 Å². The lowest BCUT2D eigenvalue weighted by Crippen LogP contribution is -2.30. The predicted octanol–water partition coefficient (Wildman–Crippen LogP) is 4.32. The van der Waals surface area contributed by atoms with E-state index in [-0.39, 0.29) is 21.3 Å². The Bertz CT molecular complexity index is 732. The number of anilines is 1. The Labute approximate surface area is 142 Å². The van der Waals surface area contributed by atoms with E-state index in [4.69, 9.17) is 27.9 Å². The number of esters is 1. The van der Waals surface area contributed by atoms with Gasteiger partial charge in [0.2, 0.25) is 0 Å². The van der Waals surface area contributed by atoms with Gasteiger partial charge in [-0.05, 0) is 31.2 Å². The zero-order valence-corrected chi connectivity index (χ0v) is 13.5. The smallest absolute Gasteiger partial charge is 0.341 e. The highest BCUT2D eigenvalue weighted by molar-refractivity contribution is 6.39. The summed E-state index contributed by atoms with van der Waals surface area (Å²) in [6.45, 7) is 1.36. The molecule has 0 spiro atoms. The van der Waals surface area contributed by atoms with Crippen LogP contribution in [0, 0.1) is 5.82 Å². The van der Waals surface area contributed by atoms with Crippen LogP contribution in [0.5, 0.6) is 0 Å². The standard InChI is InChI=1S/C16H12Cl2FNO3/c1-9(15(21)20-13-8-3-2-7-12(13)19)23-16(22)14-10(17)5-4-6-11(14)18/h2-9H,1H3,(H,20,21)/t9-/m0/s1. The van der Waals surface area contributed by atoms with Gasteiger partial charge in [-0.25, -0.2) is 9.18 Å². The highest BCUT2D eigenvalue weighted by Gasteiger charge is 2.23. The Morgan fingerprint density at radius 2 is 1.70 bits per heavy atom. The van der Waals surface area contributed by atoms with Gasteiger partial charge in [0, 0.05) is 0 Å². The third-order valence-corrected chi connectivity index (χ3v) is 3.58. The van der Waals surface area contributed by atoms with Crippen LogP contribution >= 0.6 is 23.2 Å². The highest BCUT2D eigenvalue weighted by Crippen LogP contribution is 2.25. The van der Waals surface area contributed by atoms with Crippen molar-refractivity contribution in [2.45, 2.75) is 13.0 Å². The van der Waals surface area contributed by atoms with Gasteiger partial charge >= 0.3 is 5.97 Å². The summed E-state index contributed by atoms with van der Waals surface area (Å²) in [6.07, 6.45) is -1.16. The molecule has 120 valence electrons. The van der Waals surface area contributed by atoms with E-state index in [1.165, 1.54) is 37.3 Å². The maximum atomic E-state index is 13.5. The summed E-state index contributed by atoms with van der Waals surface area (Å²) in [5.74, 6) is -2.10. The first-order valence-electron chi connectivity index (χ1n) is 6.60. The summed E-state index contributed by atoms with van der Waals surface area (Å²) in [5.41, 5.74) is -0.0300. The van der Waals surface area contributed by atoms with Crippen LogP contribution in [0.3, 0.4) is 0 Å². The van der Waals surface area contributed by atoms with Gasteiger partial charge in [0.05, 0.1) is 21.3 Å². The number of halogens is 3. The molecule has 0 aromatic heterocycles. The van der Waals surface area contributed by atoms with E-state index in [0.29, 0.717) is 0 Å². The number of para-hydroxylation sites is 1. The molecule has 0 aliphatic carbocycles. The molecule has 2 aromatic rings. The van der Waals surface area contributed by atoms with E-state index >= 15 is 0 Å². The molecule has 0 saturated heterocycles. The van der Waals surface area contributed by atoms with E-state index in [0.717, 1.165) is 0 Å². The molecule has 0 bridgehead atoms. The molecular formula is C16H12Cl2FNO3. The quantitative estimate of drug-likeness (QED) is 0.831. The zero-order chi connectivity index (χ0) is 17.0. The minimum Gasteiger partial charge on any atom is -0.449 e. The summed E-state index contributed by atoms with van der Waals surface area (Å²) in [5, 5.41) is 2.57. The van der Waals surface area contributed by atoms with E-state index in [9.17, 15) is 14.0 Å². The zero-order valence-electron chi connectivity index (χ0n) is 12.0. The molecule has 7 heteroatoms. The largest absolute Gasteiger partial charge is 0.449 e. The topological polar surface area (TPSA) is 55.4 Å². The van der Waals surface area contributed by atoms with Crippen LogP contribution in [0.2, 0.25) is 10.0 Å². The highest BCUT2D eigenvalue weighted by atomic mass is 35.5. The van der Waals surface area contributed by atoms with Crippen molar-refractivity contribution >= 4 is 40.8 Å². The number of carbonyl (C=O) groups excluding carboxylic acids is 2. The van der Waals surface area contributed by atoms with E-state index < -0.39 is 23.8 Å². The summed E-state index contributed by atoms with van der Waals surface area (Å²) >= 11 is 11.8. The van der Waals surface area contributed by atoms with Crippen molar-refractivity contribution in [2.24, 2.45) is 0 Å². The predicted molar refractivity (Wildman–Crippen MR) is 86.4 cm³/mol. The molecule has 2 rings (SSSR count). The second-order valence-corrected chi connectivity index (χ2v) is 5.43. The number of benzene rings is 2. The van der Waals surface area contributed by atoms with Crippen LogP contribution in [0.15, 0.2) is 42.5 Å². The maximum Gasteiger partial charge on any atom is 0.341 e. The molecule has 23 heavy (non-hydrogen) atoms. The Hall–Kier alpha value is -2.11. The van der Waals surface area contributed by atoms with Gasteiger partial charge in [0.1, 0.15) is 5.82 Å². The Balaban J connectivity index is 2.06. The molecule has 1 N–H and O–H groups in total. The Morgan fingerprint density at radius 1 is 1.09 bits per heavy atom. The molecule has 0 aliphatic rings. The van der Waals surface area contributed by atoms with E-state index in [1.54, 1.807) is 12.1 Å². The molecule has 0 saturated carbocycles. The van der Waals surface area contributed by atoms with Crippen LogP contribution in [0.25, 0.3) is 0 Å². The van der Waals surface area contributed by atoms with Crippen LogP contribution in [0.1, 0.15) is 17.3 Å². The molecule has 0 heterocycles. The fraction of sp³-hybridized carbons (Fsp3) is 0.125. The van der Waals surface area contributed by atoms with Crippen LogP contribution < -0.4 is 5.32 Å². The van der Waals surface area contributed by atoms with Crippen LogP contribution in [0.4, 0.5) is 10.1 Å². The Morgan fingerprint density at radius 3 is 2.30 bits per heavy atom. The fourth-order valence-corrected chi connectivity index (χ4v) is 2.31. The van der Waals surface area contributed by atoms with Gasteiger partial charge in [0.15, 0.2) is 6.10 Å². The molecular weight excluding hydrogens is 344 g/mol. The van der Waals surface area contributed by atoms with Crippen molar-refractivity contribution in [3.8, 4) is 0 Å². The average molecular weight is 356 g/mol. The SMILES string of the molecule is C[C@H](OC(=O)c1c(Cl)cccc1Cl)C(=O)Nc1ccccc1F. The summed E-state index contributed by atoms with van der Waals surface area (Å²) in [7, 11) is 0. The Kier molecular flexibility index (Phi) is 5.58. The second kappa shape index (κ2) is 7.44. The maximum absolute atomic E-state index is 13.5. The van der Waals surface area contributed by atoms with Crippen LogP contribution in [-0.4, -0.2) is 18.0 Å². The first-order valence-corrected chi connectivity index (χ1v) is 7.36. The number of hydrogen-bond acceptors (Lipinski definition) is 3. The van der Waals surface area contributed by atoms with E-state index in [1.807, 2.05) is 0 Å². The number of rotatable bonds is 4. The van der Waals surface area contributed by atoms with Crippen molar-refractivity contribution in [3.05, 3.63) is 63.9 Å². The van der Waals surface area contributed by atoms with Crippen molar-refractivity contribution in [2.75, 3.05) is 5.32 Å². The number of hydrogen-bond donors (Lipinski definition) is 1. The minimum absolute atomic E-state index is 0.00354. The average Bonchev–Trinajstić information content (AvgIpc) is 2.49. The van der Waals surface area contributed by atoms with Crippen molar-refractivity contribution in [3.63, 3.8) is 0 Å². The summed E-state index contributed by atoms with van der Waals surface area (Å²) < 4.78 is 18.5. The van der Waals surface area contributed by atoms with Crippen molar-refractivity contribution < 1.29 is 18.7 Å². The molecule has 0 radical (unpaired) electrons. The third kappa shape index (κ3) is 4.21. The molecule has 0 aliphatic heterocycles. The molecule has 2 aromatic carbocycles. The molecule has 0 fully saturated rings. The number of ether oxygens (including phenoxy) is 1. The lowest BCUT2D eigenvalue weighted by molar-refractivity contribution is -0.123. The van der Waals surface area contributed by atoms with E-state index in [2.05, 4.69) is 5.32 Å². The molecule has 4 nitrogen and oxygen atoms in total. The van der Waals surface area contributed by atoms with Crippen LogP contribution in [-0.2, 0) is 9.53 Å². The second-order valence-electron chi connectivity index (χ2n) is 4.61. The summed E-state index contributed by atoms with van der Waals surface area (Å²) in [6, 6.07) is 10.2. The first-order chi connectivity index (χ1) is 10.9. The van der Waals surface area contributed by atoms with Crippen molar-refractivity contribution in [1.29, 1.82) is 0 Å². The molecule has 1 amide bonds. The van der Waals surface area contributed by atoms with Gasteiger partial charge in [-0.1, -0.05) is 41.4 Å².